The van der Waals surface area contributed by atoms with Crippen molar-refractivity contribution in [3.8, 4) is 0 Å². The summed E-state index contributed by atoms with van der Waals surface area (Å²) in [6.07, 6.45) is -8.97. The van der Waals surface area contributed by atoms with Gasteiger partial charge >= 0.3 is 0 Å². The molecule has 0 aromatic carbocycles. The maximum atomic E-state index is 9.22. The summed E-state index contributed by atoms with van der Waals surface area (Å²) in [5, 5.41) is 45.2. The highest BCUT2D eigenvalue weighted by molar-refractivity contribution is 4.87. The van der Waals surface area contributed by atoms with Gasteiger partial charge in [-0.2, -0.15) is 0 Å². The SMILES string of the molecule is [2H][13C]([2H])(O)[C@H]1O[13CH](O)[C@H](O)[C@@H](O)[C@@H]1O. The van der Waals surface area contributed by atoms with E-state index in [0.29, 0.717) is 0 Å². The van der Waals surface area contributed by atoms with E-state index in [-0.39, 0.29) is 0 Å². The highest BCUT2D eigenvalue weighted by Gasteiger charge is 2.42. The average Bonchev–Trinajstić information content (AvgIpc) is 2.06. The van der Waals surface area contributed by atoms with Crippen molar-refractivity contribution in [1.29, 1.82) is 0 Å². The lowest BCUT2D eigenvalue weighted by Crippen LogP contribution is -2.58. The van der Waals surface area contributed by atoms with Crippen LogP contribution in [0.2, 0.25) is 0 Å². The van der Waals surface area contributed by atoms with Crippen LogP contribution in [0.15, 0.2) is 0 Å². The van der Waals surface area contributed by atoms with E-state index in [1.54, 1.807) is 0 Å². The van der Waals surface area contributed by atoms with Crippen LogP contribution in [-0.4, -0.2) is 62.8 Å². The Morgan fingerprint density at radius 2 is 1.67 bits per heavy atom. The summed E-state index contributed by atoms with van der Waals surface area (Å²) in [5.74, 6) is 0. The Labute approximate surface area is 71.5 Å². The molecular weight excluding hydrogens is 170 g/mol. The maximum Gasteiger partial charge on any atom is 0.184 e. The molecule has 0 aliphatic carbocycles. The fourth-order valence-corrected chi connectivity index (χ4v) is 0.968. The number of hydrogen-bond donors (Lipinski definition) is 5. The Balaban J connectivity index is 2.81. The molecule has 0 spiro atoms. The Morgan fingerprint density at radius 3 is 2.17 bits per heavy atom. The topological polar surface area (TPSA) is 110 Å². The fourth-order valence-electron chi connectivity index (χ4n) is 0.968. The quantitative estimate of drug-likeness (QED) is 0.274. The predicted molar refractivity (Wildman–Crippen MR) is 36.0 cm³/mol. The van der Waals surface area contributed by atoms with Gasteiger partial charge in [-0.25, -0.2) is 0 Å². The lowest BCUT2D eigenvalue weighted by molar-refractivity contribution is -0.286. The molecule has 1 aliphatic heterocycles. The molecule has 0 bridgehead atoms. The molecule has 5 atom stereocenters. The van der Waals surface area contributed by atoms with E-state index in [0.717, 1.165) is 0 Å². The second-order valence-electron chi connectivity index (χ2n) is 2.55. The minimum atomic E-state index is -2.92. The summed E-state index contributed by atoms with van der Waals surface area (Å²) in [6, 6.07) is 0. The molecule has 0 aromatic rings. The van der Waals surface area contributed by atoms with Gasteiger partial charge in [0.2, 0.25) is 0 Å². The van der Waals surface area contributed by atoms with Gasteiger partial charge in [-0.15, -0.1) is 0 Å². The Bertz CT molecular complexity index is 207. The molecule has 0 saturated carbocycles. The van der Waals surface area contributed by atoms with Gasteiger partial charge in [-0.3, -0.25) is 0 Å². The van der Waals surface area contributed by atoms with Crippen molar-refractivity contribution in [3.05, 3.63) is 0 Å². The van der Waals surface area contributed by atoms with Crippen LogP contribution in [0.25, 0.3) is 0 Å². The summed E-state index contributed by atoms with van der Waals surface area (Å²) in [6.45, 7) is -2.92. The second kappa shape index (κ2) is 3.65. The zero-order valence-electron chi connectivity index (χ0n) is 8.03. The molecule has 1 fully saturated rings. The van der Waals surface area contributed by atoms with E-state index in [4.69, 9.17) is 23.2 Å². The monoisotopic (exact) mass is 184 g/mol. The maximum absolute atomic E-state index is 9.22. The van der Waals surface area contributed by atoms with Gasteiger partial charge in [0, 0.05) is 0 Å². The first-order chi connectivity index (χ1) is 6.25. The van der Waals surface area contributed by atoms with Gasteiger partial charge in [-0.1, -0.05) is 0 Å². The molecule has 1 unspecified atom stereocenters. The van der Waals surface area contributed by atoms with E-state index in [1.165, 1.54) is 0 Å². The van der Waals surface area contributed by atoms with Crippen molar-refractivity contribution in [2.45, 2.75) is 30.7 Å². The van der Waals surface area contributed by atoms with Crippen LogP contribution < -0.4 is 0 Å². The molecular formula is C6H12O6. The van der Waals surface area contributed by atoms with Crippen molar-refractivity contribution in [2.75, 3.05) is 6.56 Å². The third-order valence-electron chi connectivity index (χ3n) is 1.72. The molecule has 6 nitrogen and oxygen atoms in total. The predicted octanol–water partition coefficient (Wildman–Crippen LogP) is -3.22. The standard InChI is InChI=1S/C6H12O6/c7-1-2-3(8)4(9)5(10)6(11)12-2/h2-11H,1H2/t2-,3-,4+,5-,6?/m1/s1/i1+1D2,6+1. The second-order valence-corrected chi connectivity index (χ2v) is 2.55. The first-order valence-corrected chi connectivity index (χ1v) is 3.35. The largest absolute Gasteiger partial charge is 0.394 e. The van der Waals surface area contributed by atoms with E-state index < -0.39 is 37.3 Å². The minimum absolute atomic E-state index is 1.73. The van der Waals surface area contributed by atoms with Gasteiger partial charge in [-0.05, 0) is 0 Å². The molecule has 5 N–H and O–H groups in total. The molecule has 1 rings (SSSR count). The first-order valence-electron chi connectivity index (χ1n) is 4.35. The van der Waals surface area contributed by atoms with E-state index in [2.05, 4.69) is 4.74 Å². The lowest BCUT2D eigenvalue weighted by atomic mass is 10.1. The summed E-state index contributed by atoms with van der Waals surface area (Å²) in [4.78, 5) is 0. The third-order valence-corrected chi connectivity index (χ3v) is 1.72. The van der Waals surface area contributed by atoms with Crippen molar-refractivity contribution in [2.24, 2.45) is 0 Å². The van der Waals surface area contributed by atoms with Crippen LogP contribution in [0.5, 0.6) is 0 Å². The first kappa shape index (κ1) is 7.19. The van der Waals surface area contributed by atoms with E-state index >= 15 is 0 Å². The van der Waals surface area contributed by atoms with Gasteiger partial charge in [0.05, 0.1) is 9.30 Å². The third kappa shape index (κ3) is 1.58. The highest BCUT2D eigenvalue weighted by Crippen LogP contribution is 2.18. The van der Waals surface area contributed by atoms with Crippen LogP contribution in [-0.2, 0) is 4.74 Å². The van der Waals surface area contributed by atoms with Crippen LogP contribution in [0.3, 0.4) is 0 Å². The number of aliphatic hydroxyl groups excluding tert-OH is 4. The molecule has 0 amide bonds. The smallest absolute Gasteiger partial charge is 0.184 e. The van der Waals surface area contributed by atoms with Gasteiger partial charge in [0.1, 0.15) is 24.4 Å². The Morgan fingerprint density at radius 1 is 1.08 bits per heavy atom. The number of aliphatic hydroxyl groups is 5. The minimum Gasteiger partial charge on any atom is -0.394 e. The van der Waals surface area contributed by atoms with Gasteiger partial charge in [0.15, 0.2) is 6.29 Å². The molecule has 12 heavy (non-hydrogen) atoms. The van der Waals surface area contributed by atoms with Crippen LogP contribution >= 0.6 is 0 Å². The molecule has 0 aromatic heterocycles. The summed E-state index contributed by atoms with van der Waals surface area (Å²) in [5.41, 5.74) is 0. The summed E-state index contributed by atoms with van der Waals surface area (Å²) in [7, 11) is 0. The molecule has 1 saturated heterocycles. The normalized spacial score (nSPS) is 52.9. The van der Waals surface area contributed by atoms with Crippen molar-refractivity contribution < 1.29 is 33.0 Å². The lowest BCUT2D eigenvalue weighted by Gasteiger charge is -2.37. The summed E-state index contributed by atoms with van der Waals surface area (Å²) >= 11 is 0. The van der Waals surface area contributed by atoms with E-state index in [9.17, 15) is 5.11 Å². The Hall–Kier alpha value is -0.240. The number of rotatable bonds is 1. The van der Waals surface area contributed by atoms with Crippen LogP contribution in [0.4, 0.5) is 0 Å². The van der Waals surface area contributed by atoms with E-state index in [1.807, 2.05) is 0 Å². The number of hydrogen-bond acceptors (Lipinski definition) is 6. The van der Waals surface area contributed by atoms with Gasteiger partial charge in [0.25, 0.3) is 0 Å². The van der Waals surface area contributed by atoms with Crippen LogP contribution in [0.1, 0.15) is 2.74 Å². The fraction of sp³-hybridized carbons (Fsp3) is 1.00. The summed E-state index contributed by atoms with van der Waals surface area (Å²) < 4.78 is 18.1. The van der Waals surface area contributed by atoms with Gasteiger partial charge < -0.3 is 30.3 Å². The molecule has 0 radical (unpaired) electrons. The average molecular weight is 184 g/mol. The Kier molecular flexibility index (Phi) is 2.19. The molecule has 6 heteroatoms. The molecule has 72 valence electrons. The highest BCUT2D eigenvalue weighted by atomic mass is 16.7. The van der Waals surface area contributed by atoms with Crippen molar-refractivity contribution >= 4 is 0 Å². The molecule has 1 aliphatic rings. The van der Waals surface area contributed by atoms with Crippen LogP contribution in [0, 0.1) is 0 Å². The van der Waals surface area contributed by atoms with Crippen molar-refractivity contribution in [1.82, 2.24) is 0 Å². The zero-order valence-corrected chi connectivity index (χ0v) is 6.03. The molecule has 1 heterocycles. The number of ether oxygens (including phenoxy) is 1. The zero-order chi connectivity index (χ0) is 11.1. The van der Waals surface area contributed by atoms with Crippen molar-refractivity contribution in [3.63, 3.8) is 0 Å².